The quantitative estimate of drug-likeness (QED) is 0.761. The van der Waals surface area contributed by atoms with Crippen LogP contribution in [0.3, 0.4) is 0 Å². The number of rotatable bonds is 6. The first-order valence-electron chi connectivity index (χ1n) is 8.69. The van der Waals surface area contributed by atoms with Crippen LogP contribution < -0.4 is 4.90 Å². The van der Waals surface area contributed by atoms with E-state index in [9.17, 15) is 19.0 Å². The highest BCUT2D eigenvalue weighted by Gasteiger charge is 2.47. The predicted molar refractivity (Wildman–Crippen MR) is 97.6 cm³/mol. The van der Waals surface area contributed by atoms with Crippen molar-refractivity contribution in [2.75, 3.05) is 4.90 Å². The zero-order chi connectivity index (χ0) is 18.8. The van der Waals surface area contributed by atoms with E-state index in [2.05, 4.69) is 6.58 Å². The second-order valence-electron chi connectivity index (χ2n) is 6.90. The third-order valence-electron chi connectivity index (χ3n) is 5.03. The molecule has 1 aliphatic heterocycles. The van der Waals surface area contributed by atoms with Gasteiger partial charge in [-0.2, -0.15) is 0 Å². The minimum atomic E-state index is -0.720. The standard InChI is InChI=1S/C21H23F2NO2/c1-13(2)20-18(11-12-19(25)14-3-5-15(22)6-4-14)21(26)24(20)17-9-7-16(23)8-10-17/h3-10,18-21,25-26H,1,11-12H2,2H3. The highest BCUT2D eigenvalue weighted by molar-refractivity contribution is 5.53. The molecule has 0 aliphatic carbocycles. The molecule has 0 aromatic heterocycles. The number of hydrogen-bond donors (Lipinski definition) is 2. The van der Waals surface area contributed by atoms with E-state index in [1.165, 1.54) is 24.3 Å². The molecule has 0 saturated carbocycles. The lowest BCUT2D eigenvalue weighted by Gasteiger charge is -2.54. The van der Waals surface area contributed by atoms with E-state index >= 15 is 0 Å². The third kappa shape index (κ3) is 3.64. The summed E-state index contributed by atoms with van der Waals surface area (Å²) in [6, 6.07) is 11.7. The Labute approximate surface area is 152 Å². The van der Waals surface area contributed by atoms with E-state index in [1.807, 2.05) is 11.8 Å². The SMILES string of the molecule is C=C(C)C1C(CCC(O)c2ccc(F)cc2)C(O)N1c1ccc(F)cc1. The lowest BCUT2D eigenvalue weighted by Crippen LogP contribution is -2.64. The van der Waals surface area contributed by atoms with Crippen LogP contribution in [0, 0.1) is 17.6 Å². The molecule has 0 bridgehead atoms. The maximum absolute atomic E-state index is 13.1. The van der Waals surface area contributed by atoms with Gasteiger partial charge in [0.05, 0.1) is 12.1 Å². The molecule has 26 heavy (non-hydrogen) atoms. The molecule has 1 heterocycles. The fourth-order valence-electron chi connectivity index (χ4n) is 3.68. The van der Waals surface area contributed by atoms with Crippen LogP contribution in [-0.2, 0) is 0 Å². The van der Waals surface area contributed by atoms with Gasteiger partial charge in [-0.1, -0.05) is 24.3 Å². The number of anilines is 1. The molecule has 2 N–H and O–H groups in total. The van der Waals surface area contributed by atoms with Gasteiger partial charge in [0.15, 0.2) is 0 Å². The Kier molecular flexibility index (Phi) is 5.39. The highest BCUT2D eigenvalue weighted by Crippen LogP contribution is 2.42. The van der Waals surface area contributed by atoms with E-state index < -0.39 is 12.3 Å². The maximum Gasteiger partial charge on any atom is 0.132 e. The lowest BCUT2D eigenvalue weighted by molar-refractivity contribution is 0.00564. The van der Waals surface area contributed by atoms with Gasteiger partial charge in [0.2, 0.25) is 0 Å². The molecule has 4 atom stereocenters. The normalized spacial score (nSPS) is 23.4. The first-order valence-corrected chi connectivity index (χ1v) is 8.69. The number of halogens is 2. The van der Waals surface area contributed by atoms with Crippen molar-refractivity contribution in [1.29, 1.82) is 0 Å². The summed E-state index contributed by atoms with van der Waals surface area (Å²) < 4.78 is 26.1. The van der Waals surface area contributed by atoms with Crippen molar-refractivity contribution in [3.63, 3.8) is 0 Å². The fraction of sp³-hybridized carbons (Fsp3) is 0.333. The average molecular weight is 359 g/mol. The molecular weight excluding hydrogens is 336 g/mol. The smallest absolute Gasteiger partial charge is 0.132 e. The van der Waals surface area contributed by atoms with Gasteiger partial charge in [0, 0.05) is 11.6 Å². The first kappa shape index (κ1) is 18.5. The topological polar surface area (TPSA) is 43.7 Å². The Morgan fingerprint density at radius 2 is 1.62 bits per heavy atom. The number of hydrogen-bond acceptors (Lipinski definition) is 3. The summed E-state index contributed by atoms with van der Waals surface area (Å²) in [5.41, 5.74) is 2.30. The average Bonchev–Trinajstić information content (AvgIpc) is 2.61. The Morgan fingerprint density at radius 1 is 1.08 bits per heavy atom. The fourth-order valence-corrected chi connectivity index (χ4v) is 3.68. The first-order chi connectivity index (χ1) is 12.4. The molecule has 0 spiro atoms. The Balaban J connectivity index is 1.67. The van der Waals surface area contributed by atoms with Crippen LogP contribution in [0.5, 0.6) is 0 Å². The van der Waals surface area contributed by atoms with Crippen LogP contribution in [0.15, 0.2) is 60.7 Å². The van der Waals surface area contributed by atoms with Crippen LogP contribution in [0.4, 0.5) is 14.5 Å². The van der Waals surface area contributed by atoms with Gasteiger partial charge in [-0.3, -0.25) is 0 Å². The van der Waals surface area contributed by atoms with Crippen LogP contribution in [-0.4, -0.2) is 22.5 Å². The molecule has 2 aromatic rings. The molecule has 5 heteroatoms. The number of aliphatic hydroxyl groups is 2. The van der Waals surface area contributed by atoms with Crippen molar-refractivity contribution in [3.05, 3.63) is 77.9 Å². The van der Waals surface area contributed by atoms with Gasteiger partial charge in [-0.25, -0.2) is 8.78 Å². The van der Waals surface area contributed by atoms with Gasteiger partial charge < -0.3 is 15.1 Å². The van der Waals surface area contributed by atoms with Crippen molar-refractivity contribution in [1.82, 2.24) is 0 Å². The largest absolute Gasteiger partial charge is 0.388 e. The molecule has 1 fully saturated rings. The van der Waals surface area contributed by atoms with E-state index in [-0.39, 0.29) is 23.6 Å². The van der Waals surface area contributed by atoms with Crippen molar-refractivity contribution in [2.24, 2.45) is 5.92 Å². The maximum atomic E-state index is 13.1. The van der Waals surface area contributed by atoms with Crippen molar-refractivity contribution < 1.29 is 19.0 Å². The molecule has 1 aliphatic rings. The van der Waals surface area contributed by atoms with Crippen LogP contribution in [0.1, 0.15) is 31.4 Å². The summed E-state index contributed by atoms with van der Waals surface area (Å²) in [7, 11) is 0. The van der Waals surface area contributed by atoms with Gasteiger partial charge >= 0.3 is 0 Å². The van der Waals surface area contributed by atoms with E-state index in [0.717, 1.165) is 11.3 Å². The molecule has 3 rings (SSSR count). The molecule has 2 aromatic carbocycles. The zero-order valence-electron chi connectivity index (χ0n) is 14.6. The molecule has 3 nitrogen and oxygen atoms in total. The van der Waals surface area contributed by atoms with Gasteiger partial charge in [0.25, 0.3) is 0 Å². The van der Waals surface area contributed by atoms with Crippen molar-refractivity contribution in [3.8, 4) is 0 Å². The van der Waals surface area contributed by atoms with E-state index in [4.69, 9.17) is 0 Å². The summed E-state index contributed by atoms with van der Waals surface area (Å²) in [5, 5.41) is 20.9. The number of nitrogens with zero attached hydrogens (tertiary/aromatic N) is 1. The minimum Gasteiger partial charge on any atom is -0.388 e. The van der Waals surface area contributed by atoms with E-state index in [0.29, 0.717) is 18.4 Å². The number of benzene rings is 2. The van der Waals surface area contributed by atoms with Crippen molar-refractivity contribution in [2.45, 2.75) is 38.1 Å². The number of aliphatic hydroxyl groups excluding tert-OH is 2. The summed E-state index contributed by atoms with van der Waals surface area (Å²) in [6.07, 6.45) is -0.389. The Bertz CT molecular complexity index is 761. The van der Waals surface area contributed by atoms with Crippen molar-refractivity contribution >= 4 is 5.69 Å². The third-order valence-corrected chi connectivity index (χ3v) is 5.03. The van der Waals surface area contributed by atoms with E-state index in [1.54, 1.807) is 24.3 Å². The summed E-state index contributed by atoms with van der Waals surface area (Å²) >= 11 is 0. The molecular formula is C21H23F2NO2. The molecule has 0 amide bonds. The second-order valence-corrected chi connectivity index (χ2v) is 6.90. The molecule has 1 saturated heterocycles. The Hall–Kier alpha value is -2.24. The highest BCUT2D eigenvalue weighted by atomic mass is 19.1. The lowest BCUT2D eigenvalue weighted by atomic mass is 9.78. The van der Waals surface area contributed by atoms with Gasteiger partial charge in [0.1, 0.15) is 17.9 Å². The van der Waals surface area contributed by atoms with Crippen LogP contribution in [0.25, 0.3) is 0 Å². The summed E-state index contributed by atoms with van der Waals surface area (Å²) in [4.78, 5) is 1.82. The van der Waals surface area contributed by atoms with Gasteiger partial charge in [-0.15, -0.1) is 0 Å². The molecule has 138 valence electrons. The zero-order valence-corrected chi connectivity index (χ0v) is 14.6. The monoisotopic (exact) mass is 359 g/mol. The minimum absolute atomic E-state index is 0.0733. The second kappa shape index (κ2) is 7.56. The predicted octanol–water partition coefficient (Wildman–Crippen LogP) is 4.18. The molecule has 4 unspecified atom stereocenters. The van der Waals surface area contributed by atoms with Crippen LogP contribution in [0.2, 0.25) is 0 Å². The summed E-state index contributed by atoms with van der Waals surface area (Å²) in [6.45, 7) is 5.92. The molecule has 0 radical (unpaired) electrons. The summed E-state index contributed by atoms with van der Waals surface area (Å²) in [5.74, 6) is -0.741. The Morgan fingerprint density at radius 3 is 2.15 bits per heavy atom. The van der Waals surface area contributed by atoms with Crippen LogP contribution >= 0.6 is 0 Å². The van der Waals surface area contributed by atoms with Gasteiger partial charge in [-0.05, 0) is 61.7 Å².